The summed E-state index contributed by atoms with van der Waals surface area (Å²) in [7, 11) is 0. The molecule has 0 N–H and O–H groups in total. The fraction of sp³-hybridized carbons (Fsp3) is 0.600. The fourth-order valence-corrected chi connectivity index (χ4v) is 4.86. The molecule has 0 radical (unpaired) electrons. The van der Waals surface area contributed by atoms with E-state index in [4.69, 9.17) is 19.9 Å². The molecule has 0 unspecified atom stereocenters. The number of anilines is 3. The molecule has 2 aromatic heterocycles. The van der Waals surface area contributed by atoms with Crippen LogP contribution in [0.2, 0.25) is 0 Å². The molecule has 0 atom stereocenters. The van der Waals surface area contributed by atoms with E-state index in [0.29, 0.717) is 5.65 Å². The van der Waals surface area contributed by atoms with Gasteiger partial charge in [-0.1, -0.05) is 71.9 Å². The van der Waals surface area contributed by atoms with E-state index in [0.717, 1.165) is 112 Å². The fourth-order valence-electron chi connectivity index (χ4n) is 4.86. The Bertz CT molecular complexity index is 1070. The van der Waals surface area contributed by atoms with Crippen LogP contribution < -0.4 is 14.7 Å². The first-order valence-electron chi connectivity index (χ1n) is 14.5. The molecular formula is C30H47N7. The van der Waals surface area contributed by atoms with Gasteiger partial charge in [-0.25, -0.2) is 9.97 Å². The molecule has 0 aliphatic rings. The molecule has 1 aromatic carbocycles. The molecule has 0 bridgehead atoms. The molecule has 7 heteroatoms. The first kappa shape index (κ1) is 28.6. The zero-order valence-electron chi connectivity index (χ0n) is 24.0. The van der Waals surface area contributed by atoms with Crippen LogP contribution in [0.5, 0.6) is 0 Å². The lowest BCUT2D eigenvalue weighted by atomic mass is 10.1. The van der Waals surface area contributed by atoms with Gasteiger partial charge in [0.1, 0.15) is 5.69 Å². The van der Waals surface area contributed by atoms with Crippen molar-refractivity contribution in [2.75, 3.05) is 54.0 Å². The lowest BCUT2D eigenvalue weighted by Gasteiger charge is -2.28. The van der Waals surface area contributed by atoms with Crippen LogP contribution in [0.15, 0.2) is 30.3 Å². The van der Waals surface area contributed by atoms with Crippen LogP contribution in [0.3, 0.4) is 0 Å². The van der Waals surface area contributed by atoms with Gasteiger partial charge in [-0.3, -0.25) is 0 Å². The van der Waals surface area contributed by atoms with Crippen LogP contribution in [0, 0.1) is 0 Å². The molecule has 0 saturated carbocycles. The van der Waals surface area contributed by atoms with Crippen LogP contribution in [-0.4, -0.2) is 59.2 Å². The third kappa shape index (κ3) is 7.08. The number of rotatable bonds is 16. The minimum atomic E-state index is 0.696. The van der Waals surface area contributed by atoms with Gasteiger partial charge in [0.15, 0.2) is 22.8 Å². The van der Waals surface area contributed by atoms with E-state index in [9.17, 15) is 0 Å². The molecule has 2 heterocycles. The molecule has 0 fully saturated rings. The van der Waals surface area contributed by atoms with Crippen molar-refractivity contribution >= 4 is 28.7 Å². The van der Waals surface area contributed by atoms with E-state index in [-0.39, 0.29) is 0 Å². The van der Waals surface area contributed by atoms with Crippen LogP contribution >= 0.6 is 0 Å². The van der Waals surface area contributed by atoms with Crippen molar-refractivity contribution in [3.63, 3.8) is 0 Å². The van der Waals surface area contributed by atoms with Gasteiger partial charge in [0.2, 0.25) is 5.95 Å². The van der Waals surface area contributed by atoms with Gasteiger partial charge in [-0.15, -0.1) is 0 Å². The summed E-state index contributed by atoms with van der Waals surface area (Å²) in [6.07, 6.45) is 6.30. The van der Waals surface area contributed by atoms with Gasteiger partial charge in [-0.2, -0.15) is 9.97 Å². The van der Waals surface area contributed by atoms with Crippen molar-refractivity contribution in [1.29, 1.82) is 0 Å². The molecule has 7 nitrogen and oxygen atoms in total. The Morgan fingerprint density at radius 1 is 0.514 bits per heavy atom. The van der Waals surface area contributed by atoms with E-state index in [1.165, 1.54) is 0 Å². The van der Waals surface area contributed by atoms with Crippen LogP contribution in [-0.2, 0) is 0 Å². The molecule has 0 amide bonds. The molecule has 3 rings (SSSR count). The maximum atomic E-state index is 5.32. The summed E-state index contributed by atoms with van der Waals surface area (Å²) in [5.74, 6) is 2.61. The van der Waals surface area contributed by atoms with E-state index in [1.807, 2.05) is 0 Å². The first-order valence-corrected chi connectivity index (χ1v) is 14.5. The molecule has 0 saturated heterocycles. The smallest absolute Gasteiger partial charge is 0.229 e. The van der Waals surface area contributed by atoms with Crippen molar-refractivity contribution in [2.45, 2.75) is 80.1 Å². The number of hydrogen-bond donors (Lipinski definition) is 0. The normalized spacial score (nSPS) is 11.2. The topological polar surface area (TPSA) is 61.3 Å². The van der Waals surface area contributed by atoms with Gasteiger partial charge in [0, 0.05) is 44.8 Å². The third-order valence-corrected chi connectivity index (χ3v) is 6.37. The Balaban J connectivity index is 2.36. The molecule has 202 valence electrons. The average Bonchev–Trinajstić information content (AvgIpc) is 2.92. The van der Waals surface area contributed by atoms with Gasteiger partial charge in [0.25, 0.3) is 0 Å². The summed E-state index contributed by atoms with van der Waals surface area (Å²) < 4.78 is 0. The number of benzene rings is 1. The largest absolute Gasteiger partial charge is 0.355 e. The van der Waals surface area contributed by atoms with Crippen molar-refractivity contribution in [2.24, 2.45) is 0 Å². The highest BCUT2D eigenvalue weighted by molar-refractivity contribution is 5.89. The maximum absolute atomic E-state index is 5.32. The van der Waals surface area contributed by atoms with E-state index < -0.39 is 0 Å². The Hall–Kier alpha value is -2.96. The molecular weight excluding hydrogens is 458 g/mol. The average molecular weight is 506 g/mol. The summed E-state index contributed by atoms with van der Waals surface area (Å²) in [5, 5.41) is 0. The number of hydrogen-bond acceptors (Lipinski definition) is 7. The van der Waals surface area contributed by atoms with Crippen LogP contribution in [0.1, 0.15) is 80.1 Å². The molecule has 0 spiro atoms. The van der Waals surface area contributed by atoms with Gasteiger partial charge >= 0.3 is 0 Å². The minimum absolute atomic E-state index is 0.696. The molecule has 3 aromatic rings. The highest BCUT2D eigenvalue weighted by atomic mass is 15.3. The maximum Gasteiger partial charge on any atom is 0.229 e. The monoisotopic (exact) mass is 505 g/mol. The highest BCUT2D eigenvalue weighted by Crippen LogP contribution is 2.33. The van der Waals surface area contributed by atoms with E-state index in [1.54, 1.807) is 0 Å². The SMILES string of the molecule is CCCN(CCC)c1nc(N(CCC)CCC)c2nc(-c3ccccc3)c(N(CCC)CCC)nc2n1. The highest BCUT2D eigenvalue weighted by Gasteiger charge is 2.23. The van der Waals surface area contributed by atoms with E-state index >= 15 is 0 Å². The lowest BCUT2D eigenvalue weighted by Crippen LogP contribution is -2.31. The van der Waals surface area contributed by atoms with Gasteiger partial charge in [-0.05, 0) is 38.5 Å². The summed E-state index contributed by atoms with van der Waals surface area (Å²) in [6.45, 7) is 18.9. The Labute approximate surface area is 224 Å². The lowest BCUT2D eigenvalue weighted by molar-refractivity contribution is 0.708. The Morgan fingerprint density at radius 2 is 1.00 bits per heavy atom. The van der Waals surface area contributed by atoms with Crippen LogP contribution in [0.4, 0.5) is 17.6 Å². The van der Waals surface area contributed by atoms with Crippen LogP contribution in [0.25, 0.3) is 22.4 Å². The van der Waals surface area contributed by atoms with Crippen molar-refractivity contribution < 1.29 is 0 Å². The molecule has 0 aliphatic heterocycles. The van der Waals surface area contributed by atoms with Crippen molar-refractivity contribution in [3.8, 4) is 11.3 Å². The Kier molecular flexibility index (Phi) is 11.4. The predicted octanol–water partition coefficient (Wildman–Crippen LogP) is 6.97. The molecule has 37 heavy (non-hydrogen) atoms. The second-order valence-corrected chi connectivity index (χ2v) is 9.74. The zero-order valence-corrected chi connectivity index (χ0v) is 24.0. The van der Waals surface area contributed by atoms with Gasteiger partial charge < -0.3 is 14.7 Å². The summed E-state index contributed by atoms with van der Waals surface area (Å²) >= 11 is 0. The second kappa shape index (κ2) is 14.7. The third-order valence-electron chi connectivity index (χ3n) is 6.37. The second-order valence-electron chi connectivity index (χ2n) is 9.74. The first-order chi connectivity index (χ1) is 18.1. The molecule has 0 aliphatic carbocycles. The number of fused-ring (bicyclic) bond motifs is 1. The quantitative estimate of drug-likeness (QED) is 0.208. The Morgan fingerprint density at radius 3 is 1.51 bits per heavy atom. The van der Waals surface area contributed by atoms with E-state index in [2.05, 4.69) is 86.6 Å². The standard InChI is InChI=1S/C30H47N7/c1-7-18-35(19-8-2)28-25(24-16-14-13-15-17-24)31-26-27(32-28)33-30(37(22-11-5)23-12-6)34-29(26)36(20-9-3)21-10-4/h13-17H,7-12,18-23H2,1-6H3. The van der Waals surface area contributed by atoms with Gasteiger partial charge in [0.05, 0.1) is 0 Å². The summed E-state index contributed by atoms with van der Waals surface area (Å²) in [4.78, 5) is 27.9. The number of nitrogens with zero attached hydrogens (tertiary/aromatic N) is 7. The van der Waals surface area contributed by atoms with Crippen molar-refractivity contribution in [1.82, 2.24) is 19.9 Å². The van der Waals surface area contributed by atoms with Crippen molar-refractivity contribution in [3.05, 3.63) is 30.3 Å². The predicted molar refractivity (Wildman–Crippen MR) is 159 cm³/mol. The summed E-state index contributed by atoms with van der Waals surface area (Å²) in [6, 6.07) is 10.5. The summed E-state index contributed by atoms with van der Waals surface area (Å²) in [5.41, 5.74) is 3.49. The minimum Gasteiger partial charge on any atom is -0.355 e. The zero-order chi connectivity index (χ0) is 26.6. The number of aromatic nitrogens is 4.